The lowest BCUT2D eigenvalue weighted by atomic mass is 10.0. The summed E-state index contributed by atoms with van der Waals surface area (Å²) in [6.45, 7) is 0. The number of alkyl halides is 3. The van der Waals surface area contributed by atoms with Gasteiger partial charge in [-0.2, -0.15) is 13.2 Å². The van der Waals surface area contributed by atoms with Crippen LogP contribution in [-0.2, 0) is 12.6 Å². The van der Waals surface area contributed by atoms with Crippen LogP contribution in [0.1, 0.15) is 22.9 Å². The molecule has 0 fully saturated rings. The van der Waals surface area contributed by atoms with Gasteiger partial charge in [0, 0.05) is 18.6 Å². The molecule has 0 aliphatic carbocycles. The van der Waals surface area contributed by atoms with Gasteiger partial charge in [0.1, 0.15) is 0 Å². The third-order valence-corrected chi connectivity index (χ3v) is 2.98. The minimum absolute atomic E-state index is 0.151. The largest absolute Gasteiger partial charge is 0.417 e. The van der Waals surface area contributed by atoms with Crippen molar-refractivity contribution >= 4 is 0 Å². The number of pyridine rings is 2. The highest BCUT2D eigenvalue weighted by Crippen LogP contribution is 2.29. The van der Waals surface area contributed by atoms with E-state index in [-0.39, 0.29) is 6.04 Å². The lowest BCUT2D eigenvalue weighted by Gasteiger charge is -2.16. The first-order valence-corrected chi connectivity index (χ1v) is 6.10. The number of aromatic nitrogens is 2. The summed E-state index contributed by atoms with van der Waals surface area (Å²) in [5, 5.41) is 3.05. The van der Waals surface area contributed by atoms with Crippen molar-refractivity contribution in [2.75, 3.05) is 7.05 Å². The Morgan fingerprint density at radius 1 is 1.20 bits per heavy atom. The van der Waals surface area contributed by atoms with Crippen molar-refractivity contribution in [2.24, 2.45) is 0 Å². The standard InChI is InChI=1S/C14H14F3N3/c1-18-13(7-10-3-2-6-19-8-10)12-5-4-11(9-20-12)14(15,16)17/h2-6,8-9,13,18H,7H2,1H3. The van der Waals surface area contributed by atoms with Crippen molar-refractivity contribution in [3.8, 4) is 0 Å². The first-order chi connectivity index (χ1) is 9.50. The van der Waals surface area contributed by atoms with Crippen molar-refractivity contribution < 1.29 is 13.2 Å². The van der Waals surface area contributed by atoms with Gasteiger partial charge in [0.2, 0.25) is 0 Å². The maximum absolute atomic E-state index is 12.5. The summed E-state index contributed by atoms with van der Waals surface area (Å²) in [6, 6.07) is 6.04. The number of nitrogens with one attached hydrogen (secondary N) is 1. The van der Waals surface area contributed by atoms with Crippen LogP contribution < -0.4 is 5.32 Å². The average molecular weight is 281 g/mol. The van der Waals surface area contributed by atoms with E-state index in [0.717, 1.165) is 17.8 Å². The predicted molar refractivity (Wildman–Crippen MR) is 69.0 cm³/mol. The monoisotopic (exact) mass is 281 g/mol. The van der Waals surface area contributed by atoms with Crippen LogP contribution in [0.15, 0.2) is 42.9 Å². The van der Waals surface area contributed by atoms with Crippen molar-refractivity contribution in [3.05, 3.63) is 59.7 Å². The molecule has 0 spiro atoms. The smallest absolute Gasteiger partial charge is 0.311 e. The SMILES string of the molecule is CNC(Cc1cccnc1)c1ccc(C(F)(F)F)cn1. The summed E-state index contributed by atoms with van der Waals surface area (Å²) in [7, 11) is 1.75. The van der Waals surface area contributed by atoms with E-state index in [2.05, 4.69) is 15.3 Å². The highest BCUT2D eigenvalue weighted by atomic mass is 19.4. The van der Waals surface area contributed by atoms with Gasteiger partial charge in [-0.15, -0.1) is 0 Å². The second kappa shape index (κ2) is 6.00. The summed E-state index contributed by atoms with van der Waals surface area (Å²) in [5.41, 5.74) is 0.829. The van der Waals surface area contributed by atoms with E-state index < -0.39 is 11.7 Å². The minimum atomic E-state index is -4.36. The Morgan fingerprint density at radius 3 is 2.50 bits per heavy atom. The predicted octanol–water partition coefficient (Wildman–Crippen LogP) is 3.00. The molecule has 2 aromatic heterocycles. The van der Waals surface area contributed by atoms with E-state index >= 15 is 0 Å². The number of likely N-dealkylation sites (N-methyl/N-ethyl adjacent to an activating group) is 1. The molecule has 0 saturated carbocycles. The molecule has 1 atom stereocenters. The molecule has 0 saturated heterocycles. The van der Waals surface area contributed by atoms with Gasteiger partial charge < -0.3 is 5.32 Å². The summed E-state index contributed by atoms with van der Waals surface area (Å²) >= 11 is 0. The van der Waals surface area contributed by atoms with Crippen molar-refractivity contribution in [2.45, 2.75) is 18.6 Å². The molecule has 0 aromatic carbocycles. The number of nitrogens with zero attached hydrogens (tertiary/aromatic N) is 2. The Balaban J connectivity index is 2.16. The third kappa shape index (κ3) is 3.54. The molecule has 106 valence electrons. The van der Waals surface area contributed by atoms with Crippen LogP contribution in [0, 0.1) is 0 Å². The van der Waals surface area contributed by atoms with Gasteiger partial charge >= 0.3 is 6.18 Å². The molecule has 1 unspecified atom stereocenters. The minimum Gasteiger partial charge on any atom is -0.311 e. The lowest BCUT2D eigenvalue weighted by molar-refractivity contribution is -0.137. The van der Waals surface area contributed by atoms with Crippen molar-refractivity contribution in [3.63, 3.8) is 0 Å². The number of hydrogen-bond donors (Lipinski definition) is 1. The van der Waals surface area contributed by atoms with Gasteiger partial charge in [-0.25, -0.2) is 0 Å². The zero-order chi connectivity index (χ0) is 14.6. The van der Waals surface area contributed by atoms with Crippen LogP contribution in [-0.4, -0.2) is 17.0 Å². The summed E-state index contributed by atoms with van der Waals surface area (Å²) in [6.07, 6.45) is 0.526. The van der Waals surface area contributed by atoms with E-state index in [0.29, 0.717) is 12.1 Å². The summed E-state index contributed by atoms with van der Waals surface area (Å²) in [5.74, 6) is 0. The van der Waals surface area contributed by atoms with E-state index in [1.165, 1.54) is 6.07 Å². The fourth-order valence-corrected chi connectivity index (χ4v) is 1.89. The molecule has 20 heavy (non-hydrogen) atoms. The van der Waals surface area contributed by atoms with Gasteiger partial charge in [-0.05, 0) is 37.2 Å². The van der Waals surface area contributed by atoms with Gasteiger partial charge in [0.25, 0.3) is 0 Å². The first kappa shape index (κ1) is 14.5. The fourth-order valence-electron chi connectivity index (χ4n) is 1.89. The summed E-state index contributed by atoms with van der Waals surface area (Å²) < 4.78 is 37.5. The molecular weight excluding hydrogens is 267 g/mol. The Morgan fingerprint density at radius 2 is 2.00 bits per heavy atom. The Kier molecular flexibility index (Phi) is 4.34. The Hall–Kier alpha value is -1.95. The van der Waals surface area contributed by atoms with Gasteiger partial charge in [0.05, 0.1) is 17.3 Å². The average Bonchev–Trinajstić information content (AvgIpc) is 2.45. The van der Waals surface area contributed by atoms with Crippen molar-refractivity contribution in [1.29, 1.82) is 0 Å². The van der Waals surface area contributed by atoms with Crippen LogP contribution in [0.2, 0.25) is 0 Å². The molecule has 0 aliphatic heterocycles. The van der Waals surface area contributed by atoms with E-state index in [1.807, 2.05) is 12.1 Å². The molecule has 3 nitrogen and oxygen atoms in total. The summed E-state index contributed by atoms with van der Waals surface area (Å²) in [4.78, 5) is 7.92. The van der Waals surface area contributed by atoms with Gasteiger partial charge in [-0.1, -0.05) is 6.07 Å². The Labute approximate surface area is 114 Å². The van der Waals surface area contributed by atoms with Crippen LogP contribution in [0.25, 0.3) is 0 Å². The molecule has 0 radical (unpaired) electrons. The van der Waals surface area contributed by atoms with Gasteiger partial charge in [0.15, 0.2) is 0 Å². The molecule has 0 amide bonds. The molecule has 2 aromatic rings. The second-order valence-electron chi connectivity index (χ2n) is 4.38. The molecule has 0 aliphatic rings. The number of halogens is 3. The highest BCUT2D eigenvalue weighted by Gasteiger charge is 2.30. The molecular formula is C14H14F3N3. The molecule has 0 bridgehead atoms. The second-order valence-corrected chi connectivity index (χ2v) is 4.38. The molecule has 6 heteroatoms. The van der Waals surface area contributed by atoms with E-state index in [1.54, 1.807) is 19.4 Å². The lowest BCUT2D eigenvalue weighted by Crippen LogP contribution is -2.20. The van der Waals surface area contributed by atoms with E-state index in [4.69, 9.17) is 0 Å². The zero-order valence-corrected chi connectivity index (χ0v) is 10.9. The van der Waals surface area contributed by atoms with Crippen LogP contribution in [0.4, 0.5) is 13.2 Å². The number of hydrogen-bond acceptors (Lipinski definition) is 3. The van der Waals surface area contributed by atoms with Crippen LogP contribution in [0.3, 0.4) is 0 Å². The zero-order valence-electron chi connectivity index (χ0n) is 10.9. The van der Waals surface area contributed by atoms with Crippen molar-refractivity contribution in [1.82, 2.24) is 15.3 Å². The maximum atomic E-state index is 12.5. The molecule has 2 heterocycles. The Bertz CT molecular complexity index is 538. The van der Waals surface area contributed by atoms with Crippen LogP contribution >= 0.6 is 0 Å². The van der Waals surface area contributed by atoms with E-state index in [9.17, 15) is 13.2 Å². The normalized spacial score (nSPS) is 13.2. The molecule has 1 N–H and O–H groups in total. The third-order valence-electron chi connectivity index (χ3n) is 2.98. The highest BCUT2D eigenvalue weighted by molar-refractivity contribution is 5.21. The quantitative estimate of drug-likeness (QED) is 0.936. The van der Waals surface area contributed by atoms with Gasteiger partial charge in [-0.3, -0.25) is 9.97 Å². The van der Waals surface area contributed by atoms with Crippen LogP contribution in [0.5, 0.6) is 0 Å². The fraction of sp³-hybridized carbons (Fsp3) is 0.286. The number of rotatable bonds is 4. The topological polar surface area (TPSA) is 37.8 Å². The first-order valence-electron chi connectivity index (χ1n) is 6.10. The molecule has 2 rings (SSSR count). The maximum Gasteiger partial charge on any atom is 0.417 e.